The third-order valence-corrected chi connectivity index (χ3v) is 26.0. The lowest BCUT2D eigenvalue weighted by atomic mass is 10.1. The number of ether oxygens (including phenoxy) is 2. The van der Waals surface area contributed by atoms with Gasteiger partial charge in [0.25, 0.3) is 0 Å². The van der Waals surface area contributed by atoms with Gasteiger partial charge in [-0.15, -0.1) is 0 Å². The Balaban J connectivity index is 5.06. The molecule has 1 amide bonds. The van der Waals surface area contributed by atoms with Crippen molar-refractivity contribution in [1.82, 2.24) is 4.72 Å². The van der Waals surface area contributed by atoms with Gasteiger partial charge in [-0.05, 0) is 90.4 Å². The van der Waals surface area contributed by atoms with E-state index in [1.165, 1.54) is 0 Å². The number of methoxy groups -OCH3 is 1. The summed E-state index contributed by atoms with van der Waals surface area (Å²) in [5.41, 5.74) is -5.49. The number of amides is 1. The molecule has 0 aliphatic rings. The summed E-state index contributed by atoms with van der Waals surface area (Å²) in [5.74, 6) is -1.13. The minimum absolute atomic E-state index is 0.258. The lowest BCUT2D eigenvalue weighted by Gasteiger charge is -2.44. The van der Waals surface area contributed by atoms with E-state index in [0.717, 1.165) is 61.8 Å². The Morgan fingerprint density at radius 3 is 1.57 bits per heavy atom. The smallest absolute Gasteiger partial charge is 0.437 e. The van der Waals surface area contributed by atoms with E-state index in [0.29, 0.717) is 32.7 Å². The first-order valence-electron chi connectivity index (χ1n) is 16.7. The fourth-order valence-electron chi connectivity index (χ4n) is 5.42. The first-order valence-corrected chi connectivity index (χ1v) is 32.9. The number of hydrogen-bond donors (Lipinski definition) is 1. The molecular weight excluding hydrogens is 724 g/mol. The average Bonchev–Trinajstić information content (AvgIpc) is 2.83. The van der Waals surface area contributed by atoms with Crippen molar-refractivity contribution in [3.05, 3.63) is 0 Å². The molecule has 0 aromatic heterocycles. The van der Waals surface area contributed by atoms with E-state index in [4.69, 9.17) is 25.9 Å². The van der Waals surface area contributed by atoms with Gasteiger partial charge >= 0.3 is 41.2 Å². The van der Waals surface area contributed by atoms with Crippen LogP contribution in [-0.2, 0) is 40.8 Å². The van der Waals surface area contributed by atoms with Crippen LogP contribution in [0.4, 0.5) is 13.2 Å². The molecule has 47 heavy (non-hydrogen) atoms. The number of halogens is 3. The summed E-state index contributed by atoms with van der Waals surface area (Å²) in [7, 11) is -15.6. The number of sulfonamides is 1. The van der Waals surface area contributed by atoms with Gasteiger partial charge in [0.05, 0.1) is 13.2 Å². The summed E-state index contributed by atoms with van der Waals surface area (Å²) in [4.78, 5) is 11.6. The average molecular weight is 788 g/mol. The highest BCUT2D eigenvalue weighted by molar-refractivity contribution is 7.90. The third kappa shape index (κ3) is 24.0. The third-order valence-electron chi connectivity index (χ3n) is 6.66. The normalized spacial score (nSPS) is 16.1. The lowest BCUT2D eigenvalue weighted by molar-refractivity contribution is -0.120. The molecule has 10 nitrogen and oxygen atoms in total. The van der Waals surface area contributed by atoms with Gasteiger partial charge in [0.2, 0.25) is 5.91 Å². The zero-order chi connectivity index (χ0) is 36.6. The molecule has 0 saturated carbocycles. The Labute approximate surface area is 288 Å². The first-order chi connectivity index (χ1) is 21.2. The Hall–Kier alpha value is 0.0544. The molecule has 0 aromatic carbocycles. The zero-order valence-electron chi connectivity index (χ0n) is 30.8. The number of rotatable bonds is 27. The monoisotopic (exact) mass is 787 g/mol. The number of hydrogen-bond acceptors (Lipinski definition) is 9. The molecular formula is C28H64F3NO9SSi5. The second-order valence-corrected chi connectivity index (χ2v) is 36.5. The van der Waals surface area contributed by atoms with Gasteiger partial charge in [0.15, 0.2) is 16.6 Å². The van der Waals surface area contributed by atoms with Crippen molar-refractivity contribution < 1.29 is 52.3 Å². The minimum Gasteiger partial charge on any atom is -0.437 e. The van der Waals surface area contributed by atoms with Gasteiger partial charge in [0.1, 0.15) is 0 Å². The SMILES string of the molecule is COCCOCCC[Si](C)(O[Si](C)(C)O[Si](C)(C)C)O[Si](C)(CCCCCCCCCCC(=O)NS(=O)(=O)C(F)(F)F)O[Si](C)(C)C. The summed E-state index contributed by atoms with van der Waals surface area (Å²) < 4.78 is 98.6. The van der Waals surface area contributed by atoms with E-state index in [2.05, 4.69) is 65.5 Å². The Kier molecular flexibility index (Phi) is 20.8. The summed E-state index contributed by atoms with van der Waals surface area (Å²) >= 11 is 0. The Bertz CT molecular complexity index is 1020. The highest BCUT2D eigenvalue weighted by atomic mass is 32.2. The van der Waals surface area contributed by atoms with Crippen molar-refractivity contribution in [2.45, 2.75) is 147 Å². The molecule has 0 aromatic rings. The molecule has 2 atom stereocenters. The van der Waals surface area contributed by atoms with E-state index < -0.39 is 63.8 Å². The maximum atomic E-state index is 12.4. The van der Waals surface area contributed by atoms with Gasteiger partial charge in [-0.25, -0.2) is 4.72 Å². The van der Waals surface area contributed by atoms with Crippen molar-refractivity contribution in [1.29, 1.82) is 0 Å². The van der Waals surface area contributed by atoms with E-state index in [-0.39, 0.29) is 6.42 Å². The zero-order valence-corrected chi connectivity index (χ0v) is 36.6. The molecule has 0 rings (SSSR count). The van der Waals surface area contributed by atoms with Gasteiger partial charge in [0, 0.05) is 20.1 Å². The topological polar surface area (TPSA) is 119 Å². The van der Waals surface area contributed by atoms with Crippen molar-refractivity contribution in [2.24, 2.45) is 0 Å². The molecule has 0 spiro atoms. The summed E-state index contributed by atoms with van der Waals surface area (Å²) in [6, 6.07) is 1.64. The Morgan fingerprint density at radius 1 is 0.617 bits per heavy atom. The molecule has 1 N–H and O–H groups in total. The fourth-order valence-corrected chi connectivity index (χ4v) is 29.8. The fraction of sp³-hybridized carbons (Fsp3) is 0.964. The molecule has 0 aliphatic carbocycles. The predicted octanol–water partition coefficient (Wildman–Crippen LogP) is 8.10. The highest BCUT2D eigenvalue weighted by Crippen LogP contribution is 2.32. The highest BCUT2D eigenvalue weighted by Gasteiger charge is 2.49. The van der Waals surface area contributed by atoms with Crippen molar-refractivity contribution in [2.75, 3.05) is 26.9 Å². The molecule has 0 saturated heterocycles. The van der Waals surface area contributed by atoms with Crippen LogP contribution in [-0.4, -0.2) is 89.1 Å². The summed E-state index contributed by atoms with van der Waals surface area (Å²) in [6.07, 6.45) is 7.30. The van der Waals surface area contributed by atoms with Crippen LogP contribution < -0.4 is 4.72 Å². The standard InChI is InChI=1S/C28H64F3NO9SSi5/c1-36-23-24-37-22-20-26-47(11,40-45(8,9)38-43(2,3)4)41-46(10,39-44(5,6)7)25-19-17-15-13-12-14-16-18-21-27(33)32-42(34,35)28(29,30)31/h12-26H2,1-11H3,(H,32,33). The van der Waals surface area contributed by atoms with Crippen LogP contribution in [0.1, 0.15) is 64.2 Å². The quantitative estimate of drug-likeness (QED) is 0.0651. The molecule has 0 aliphatic heterocycles. The first kappa shape index (κ1) is 47.1. The number of alkyl halides is 3. The Morgan fingerprint density at radius 2 is 1.09 bits per heavy atom. The largest absolute Gasteiger partial charge is 0.516 e. The summed E-state index contributed by atoms with van der Waals surface area (Å²) in [6.45, 7) is 23.4. The van der Waals surface area contributed by atoms with Crippen LogP contribution in [0.15, 0.2) is 0 Å². The van der Waals surface area contributed by atoms with E-state index >= 15 is 0 Å². The minimum atomic E-state index is -5.64. The van der Waals surface area contributed by atoms with Crippen LogP contribution in [0.3, 0.4) is 0 Å². The van der Waals surface area contributed by atoms with E-state index in [1.807, 2.05) is 0 Å². The van der Waals surface area contributed by atoms with Crippen molar-refractivity contribution in [3.63, 3.8) is 0 Å². The second-order valence-electron chi connectivity index (χ2n) is 14.8. The van der Waals surface area contributed by atoms with Crippen molar-refractivity contribution >= 4 is 58.2 Å². The molecule has 0 bridgehead atoms. The van der Waals surface area contributed by atoms with Crippen LogP contribution in [0.2, 0.25) is 77.6 Å². The van der Waals surface area contributed by atoms with Crippen LogP contribution in [0, 0.1) is 0 Å². The number of nitrogens with one attached hydrogen (secondary N) is 1. The van der Waals surface area contributed by atoms with E-state index in [1.54, 1.807) is 7.11 Å². The van der Waals surface area contributed by atoms with Gasteiger partial charge in [-0.3, -0.25) is 4.79 Å². The van der Waals surface area contributed by atoms with Gasteiger partial charge in [-0.2, -0.15) is 21.6 Å². The lowest BCUT2D eigenvalue weighted by Crippen LogP contribution is -2.60. The maximum Gasteiger partial charge on any atom is 0.516 e. The molecule has 282 valence electrons. The molecule has 0 radical (unpaired) electrons. The molecule has 0 heterocycles. The molecule has 19 heteroatoms. The van der Waals surface area contributed by atoms with Crippen molar-refractivity contribution in [3.8, 4) is 0 Å². The number of unbranched alkanes of at least 4 members (excludes halogenated alkanes) is 7. The van der Waals surface area contributed by atoms with Crippen LogP contribution in [0.25, 0.3) is 0 Å². The number of carbonyl (C=O) groups excluding carboxylic acids is 1. The molecule has 0 fully saturated rings. The van der Waals surface area contributed by atoms with Crippen LogP contribution in [0.5, 0.6) is 0 Å². The summed E-state index contributed by atoms with van der Waals surface area (Å²) in [5, 5.41) is 0. The van der Waals surface area contributed by atoms with Crippen LogP contribution >= 0.6 is 0 Å². The second kappa shape index (κ2) is 20.8. The maximum absolute atomic E-state index is 12.4. The van der Waals surface area contributed by atoms with Gasteiger partial charge < -0.3 is 25.9 Å². The molecule has 2 unspecified atom stereocenters. The van der Waals surface area contributed by atoms with E-state index in [9.17, 15) is 26.4 Å². The van der Waals surface area contributed by atoms with Gasteiger partial charge in [-0.1, -0.05) is 44.9 Å². The number of carbonyl (C=O) groups is 1. The predicted molar refractivity (Wildman–Crippen MR) is 193 cm³/mol.